The van der Waals surface area contributed by atoms with Crippen LogP contribution in [0.15, 0.2) is 24.3 Å². The number of H-pyrrole nitrogens is 1. The van der Waals surface area contributed by atoms with Crippen molar-refractivity contribution in [1.82, 2.24) is 15.2 Å². The molecule has 1 aliphatic heterocycles. The van der Waals surface area contributed by atoms with Crippen LogP contribution in [0.25, 0.3) is 10.9 Å². The second-order valence-corrected chi connectivity index (χ2v) is 5.15. The van der Waals surface area contributed by atoms with Gasteiger partial charge in [-0.2, -0.15) is 0 Å². The minimum absolute atomic E-state index is 0.711. The summed E-state index contributed by atoms with van der Waals surface area (Å²) in [7, 11) is 0. The Morgan fingerprint density at radius 1 is 1.28 bits per heavy atom. The van der Waals surface area contributed by atoms with Gasteiger partial charge in [0.15, 0.2) is 0 Å². The van der Waals surface area contributed by atoms with E-state index in [2.05, 4.69) is 53.3 Å². The average Bonchev–Trinajstić information content (AvgIpc) is 2.63. The summed E-state index contributed by atoms with van der Waals surface area (Å²) in [5, 5.41) is 4.73. The van der Waals surface area contributed by atoms with Gasteiger partial charge >= 0.3 is 0 Å². The number of likely N-dealkylation sites (N-methyl/N-ethyl adjacent to an activating group) is 1. The van der Waals surface area contributed by atoms with Gasteiger partial charge in [0.1, 0.15) is 0 Å². The molecule has 1 saturated heterocycles. The number of nitrogens with one attached hydrogen (secondary N) is 2. The summed E-state index contributed by atoms with van der Waals surface area (Å²) in [4.78, 5) is 6.06. The van der Waals surface area contributed by atoms with Crippen molar-refractivity contribution in [3.63, 3.8) is 0 Å². The van der Waals surface area contributed by atoms with Crippen molar-refractivity contribution >= 4 is 10.9 Å². The molecule has 96 valence electrons. The van der Waals surface area contributed by atoms with Gasteiger partial charge in [-0.3, -0.25) is 4.90 Å². The Hall–Kier alpha value is -1.32. The number of aromatic nitrogens is 1. The molecule has 2 N–H and O–H groups in total. The summed E-state index contributed by atoms with van der Waals surface area (Å²) < 4.78 is 0. The Morgan fingerprint density at radius 3 is 2.72 bits per heavy atom. The van der Waals surface area contributed by atoms with Crippen LogP contribution in [-0.4, -0.2) is 35.6 Å². The predicted octanol–water partition coefficient (Wildman–Crippen LogP) is 2.27. The number of hydrogen-bond acceptors (Lipinski definition) is 2. The summed E-state index contributed by atoms with van der Waals surface area (Å²) in [5.41, 5.74) is 4.02. The van der Waals surface area contributed by atoms with Gasteiger partial charge in [-0.15, -0.1) is 0 Å². The fraction of sp³-hybridized carbons (Fsp3) is 0.467. The molecule has 3 rings (SSSR count). The van der Waals surface area contributed by atoms with Crippen LogP contribution in [-0.2, 0) is 6.54 Å². The van der Waals surface area contributed by atoms with Gasteiger partial charge in [-0.05, 0) is 25.1 Å². The first kappa shape index (κ1) is 11.8. The van der Waals surface area contributed by atoms with Crippen LogP contribution in [0.3, 0.4) is 0 Å². The van der Waals surface area contributed by atoms with Gasteiger partial charge < -0.3 is 10.3 Å². The van der Waals surface area contributed by atoms with Crippen LogP contribution in [0.4, 0.5) is 0 Å². The quantitative estimate of drug-likeness (QED) is 0.863. The fourth-order valence-corrected chi connectivity index (χ4v) is 2.77. The smallest absolute Gasteiger partial charge is 0.0459 e. The van der Waals surface area contributed by atoms with Crippen molar-refractivity contribution in [2.45, 2.75) is 26.4 Å². The lowest BCUT2D eigenvalue weighted by Crippen LogP contribution is -2.56. The van der Waals surface area contributed by atoms with Crippen LogP contribution >= 0.6 is 0 Å². The molecule has 0 unspecified atom stereocenters. The Bertz CT molecular complexity index is 540. The molecule has 1 fully saturated rings. The molecule has 1 aliphatic rings. The highest BCUT2D eigenvalue weighted by Crippen LogP contribution is 2.24. The van der Waals surface area contributed by atoms with Gasteiger partial charge in [-0.25, -0.2) is 0 Å². The second-order valence-electron chi connectivity index (χ2n) is 5.15. The average molecular weight is 243 g/mol. The van der Waals surface area contributed by atoms with E-state index in [4.69, 9.17) is 0 Å². The van der Waals surface area contributed by atoms with Gasteiger partial charge in [-0.1, -0.05) is 25.1 Å². The summed E-state index contributed by atoms with van der Waals surface area (Å²) in [6.45, 7) is 8.87. The summed E-state index contributed by atoms with van der Waals surface area (Å²) in [6.07, 6.45) is 0. The molecule has 0 saturated carbocycles. The lowest BCUT2D eigenvalue weighted by atomic mass is 10.1. The number of fused-ring (bicyclic) bond motifs is 1. The van der Waals surface area contributed by atoms with Crippen LogP contribution in [0, 0.1) is 6.92 Å². The minimum Gasteiger partial charge on any atom is -0.358 e. The normalized spacial score (nSPS) is 16.4. The second kappa shape index (κ2) is 4.75. The molecule has 0 bridgehead atoms. The van der Waals surface area contributed by atoms with Crippen molar-refractivity contribution in [3.8, 4) is 0 Å². The Morgan fingerprint density at radius 2 is 2.06 bits per heavy atom. The number of aryl methyl sites for hydroxylation is 1. The van der Waals surface area contributed by atoms with Crippen LogP contribution in [0.5, 0.6) is 0 Å². The summed E-state index contributed by atoms with van der Waals surface area (Å²) in [6, 6.07) is 9.31. The molecule has 3 heteroatoms. The molecule has 3 nitrogen and oxygen atoms in total. The van der Waals surface area contributed by atoms with E-state index in [1.54, 1.807) is 0 Å². The Kier molecular flexibility index (Phi) is 3.10. The SMILES string of the molecule is CCN(Cc1c(C)[nH]c2ccccc12)C1CNC1. The first-order valence-electron chi connectivity index (χ1n) is 6.80. The van der Waals surface area contributed by atoms with E-state index < -0.39 is 0 Å². The number of para-hydroxylation sites is 1. The lowest BCUT2D eigenvalue weighted by Gasteiger charge is -2.37. The maximum atomic E-state index is 3.49. The highest BCUT2D eigenvalue weighted by atomic mass is 15.2. The highest BCUT2D eigenvalue weighted by molar-refractivity contribution is 5.84. The molecule has 0 aliphatic carbocycles. The van der Waals surface area contributed by atoms with Gasteiger partial charge in [0.25, 0.3) is 0 Å². The third-order valence-electron chi connectivity index (χ3n) is 4.07. The van der Waals surface area contributed by atoms with Gasteiger partial charge in [0.2, 0.25) is 0 Å². The van der Waals surface area contributed by atoms with Gasteiger partial charge in [0, 0.05) is 42.3 Å². The Balaban J connectivity index is 1.90. The number of rotatable bonds is 4. The molecule has 0 spiro atoms. The van der Waals surface area contributed by atoms with Crippen LogP contribution in [0.2, 0.25) is 0 Å². The number of hydrogen-bond donors (Lipinski definition) is 2. The Labute approximate surface area is 108 Å². The van der Waals surface area contributed by atoms with Gasteiger partial charge in [0.05, 0.1) is 0 Å². The van der Waals surface area contributed by atoms with E-state index in [-0.39, 0.29) is 0 Å². The monoisotopic (exact) mass is 243 g/mol. The van der Waals surface area contributed by atoms with Crippen molar-refractivity contribution in [3.05, 3.63) is 35.5 Å². The molecule has 0 radical (unpaired) electrons. The predicted molar refractivity (Wildman–Crippen MR) is 75.8 cm³/mol. The van der Waals surface area contributed by atoms with Crippen LogP contribution in [0.1, 0.15) is 18.2 Å². The van der Waals surface area contributed by atoms with E-state index in [9.17, 15) is 0 Å². The van der Waals surface area contributed by atoms with Crippen molar-refractivity contribution in [2.75, 3.05) is 19.6 Å². The lowest BCUT2D eigenvalue weighted by molar-refractivity contribution is 0.145. The molecule has 2 heterocycles. The van der Waals surface area contributed by atoms with Crippen molar-refractivity contribution < 1.29 is 0 Å². The van der Waals surface area contributed by atoms with E-state index in [1.807, 2.05) is 0 Å². The highest BCUT2D eigenvalue weighted by Gasteiger charge is 2.24. The maximum Gasteiger partial charge on any atom is 0.0459 e. The molecule has 1 aromatic carbocycles. The molecular formula is C15H21N3. The first-order chi connectivity index (χ1) is 8.79. The van der Waals surface area contributed by atoms with Crippen LogP contribution < -0.4 is 5.32 Å². The minimum atomic E-state index is 0.711. The number of nitrogens with zero attached hydrogens (tertiary/aromatic N) is 1. The third-order valence-corrected chi connectivity index (χ3v) is 4.07. The molecule has 1 aromatic heterocycles. The number of aromatic amines is 1. The summed E-state index contributed by atoms with van der Waals surface area (Å²) in [5.74, 6) is 0. The number of benzene rings is 1. The zero-order chi connectivity index (χ0) is 12.5. The molecule has 0 amide bonds. The van der Waals surface area contributed by atoms with E-state index in [0.29, 0.717) is 6.04 Å². The zero-order valence-electron chi connectivity index (χ0n) is 11.2. The largest absolute Gasteiger partial charge is 0.358 e. The molecule has 18 heavy (non-hydrogen) atoms. The van der Waals surface area contributed by atoms with E-state index in [1.165, 1.54) is 22.2 Å². The molecule has 2 aromatic rings. The molecule has 0 atom stereocenters. The first-order valence-corrected chi connectivity index (χ1v) is 6.80. The van der Waals surface area contributed by atoms with E-state index >= 15 is 0 Å². The van der Waals surface area contributed by atoms with Crippen molar-refractivity contribution in [1.29, 1.82) is 0 Å². The fourth-order valence-electron chi connectivity index (χ4n) is 2.77. The van der Waals surface area contributed by atoms with E-state index in [0.717, 1.165) is 26.2 Å². The standard InChI is InChI=1S/C15H21N3/c1-3-18(12-8-16-9-12)10-14-11(2)17-15-7-5-4-6-13(14)15/h4-7,12,16-17H,3,8-10H2,1-2H3. The third kappa shape index (κ3) is 1.93. The topological polar surface area (TPSA) is 31.1 Å². The molecular weight excluding hydrogens is 222 g/mol. The summed E-state index contributed by atoms with van der Waals surface area (Å²) >= 11 is 0. The maximum absolute atomic E-state index is 3.49. The zero-order valence-corrected chi connectivity index (χ0v) is 11.2. The van der Waals surface area contributed by atoms with Crippen molar-refractivity contribution in [2.24, 2.45) is 0 Å².